The van der Waals surface area contributed by atoms with Gasteiger partial charge in [0.15, 0.2) is 6.29 Å². The Morgan fingerprint density at radius 3 is 2.78 bits per heavy atom. The molecule has 1 aliphatic rings. The van der Waals surface area contributed by atoms with Crippen molar-refractivity contribution in [1.82, 2.24) is 9.97 Å². The van der Waals surface area contributed by atoms with Crippen LogP contribution >= 0.6 is 11.6 Å². The fourth-order valence-corrected chi connectivity index (χ4v) is 2.85. The van der Waals surface area contributed by atoms with E-state index < -0.39 is 0 Å². The Morgan fingerprint density at radius 2 is 2.17 bits per heavy atom. The van der Waals surface area contributed by atoms with E-state index in [-0.39, 0.29) is 5.15 Å². The second-order valence-corrected chi connectivity index (χ2v) is 5.32. The molecule has 0 aromatic carbocycles. The molecule has 0 amide bonds. The number of aldehydes is 1. The van der Waals surface area contributed by atoms with E-state index >= 15 is 0 Å². The molecule has 1 aromatic heterocycles. The fraction of sp³-hybridized carbons (Fsp3) is 0.615. The SMILES string of the molecule is CCC1(CNc2ncnc(Cl)c2C=O)CCCC1. The number of aromatic nitrogens is 2. The quantitative estimate of drug-likeness (QED) is 0.657. The molecule has 98 valence electrons. The summed E-state index contributed by atoms with van der Waals surface area (Å²) in [5, 5.41) is 3.48. The minimum Gasteiger partial charge on any atom is -0.369 e. The van der Waals surface area contributed by atoms with Crippen molar-refractivity contribution in [3.63, 3.8) is 0 Å². The summed E-state index contributed by atoms with van der Waals surface area (Å²) in [4.78, 5) is 18.9. The average molecular weight is 268 g/mol. The third-order valence-corrected chi connectivity index (χ3v) is 4.30. The number of carbonyl (C=O) groups is 1. The first-order valence-electron chi connectivity index (χ1n) is 6.40. The highest BCUT2D eigenvalue weighted by Gasteiger charge is 2.31. The van der Waals surface area contributed by atoms with Gasteiger partial charge in [-0.25, -0.2) is 9.97 Å². The summed E-state index contributed by atoms with van der Waals surface area (Å²) >= 11 is 5.87. The lowest BCUT2D eigenvalue weighted by atomic mass is 9.83. The topological polar surface area (TPSA) is 54.9 Å². The zero-order valence-electron chi connectivity index (χ0n) is 10.6. The molecule has 1 fully saturated rings. The van der Waals surface area contributed by atoms with Gasteiger partial charge in [-0.2, -0.15) is 0 Å². The van der Waals surface area contributed by atoms with Crippen LogP contribution in [0.2, 0.25) is 5.15 Å². The van der Waals surface area contributed by atoms with E-state index in [1.54, 1.807) is 0 Å². The lowest BCUT2D eigenvalue weighted by Gasteiger charge is -2.28. The van der Waals surface area contributed by atoms with E-state index in [0.717, 1.165) is 13.0 Å². The second kappa shape index (κ2) is 5.65. The van der Waals surface area contributed by atoms with Crippen molar-refractivity contribution in [1.29, 1.82) is 0 Å². The summed E-state index contributed by atoms with van der Waals surface area (Å²) in [6.07, 6.45) is 8.30. The molecule has 2 rings (SSSR count). The van der Waals surface area contributed by atoms with Crippen molar-refractivity contribution in [2.75, 3.05) is 11.9 Å². The van der Waals surface area contributed by atoms with Crippen LogP contribution in [0.3, 0.4) is 0 Å². The first-order chi connectivity index (χ1) is 8.71. The van der Waals surface area contributed by atoms with Crippen LogP contribution in [-0.4, -0.2) is 22.8 Å². The average Bonchev–Trinajstić information content (AvgIpc) is 2.86. The summed E-state index contributed by atoms with van der Waals surface area (Å²) in [5.41, 5.74) is 0.695. The number of rotatable bonds is 5. The van der Waals surface area contributed by atoms with Gasteiger partial charge < -0.3 is 5.32 Å². The van der Waals surface area contributed by atoms with E-state index in [1.165, 1.54) is 32.0 Å². The Bertz CT molecular complexity index is 430. The predicted octanol–water partition coefficient (Wildman–Crippen LogP) is 3.32. The van der Waals surface area contributed by atoms with Gasteiger partial charge in [0.05, 0.1) is 5.56 Å². The smallest absolute Gasteiger partial charge is 0.156 e. The Kier molecular flexibility index (Phi) is 4.17. The van der Waals surface area contributed by atoms with Gasteiger partial charge in [0.1, 0.15) is 17.3 Å². The van der Waals surface area contributed by atoms with Crippen LogP contribution in [0.5, 0.6) is 0 Å². The molecule has 1 aliphatic carbocycles. The highest BCUT2D eigenvalue weighted by Crippen LogP contribution is 2.41. The number of nitrogens with zero attached hydrogens (tertiary/aromatic N) is 2. The van der Waals surface area contributed by atoms with Crippen molar-refractivity contribution in [3.05, 3.63) is 17.0 Å². The zero-order valence-corrected chi connectivity index (χ0v) is 11.3. The molecule has 1 aromatic rings. The molecule has 0 spiro atoms. The molecule has 5 heteroatoms. The third kappa shape index (κ3) is 2.64. The van der Waals surface area contributed by atoms with E-state index in [1.807, 2.05) is 0 Å². The summed E-state index contributed by atoms with van der Waals surface area (Å²) in [7, 11) is 0. The number of nitrogens with one attached hydrogen (secondary N) is 1. The molecule has 0 bridgehead atoms. The monoisotopic (exact) mass is 267 g/mol. The lowest BCUT2D eigenvalue weighted by molar-refractivity contribution is 0.112. The van der Waals surface area contributed by atoms with Gasteiger partial charge in [0, 0.05) is 6.54 Å². The van der Waals surface area contributed by atoms with Crippen molar-refractivity contribution in [3.8, 4) is 0 Å². The molecule has 0 aliphatic heterocycles. The minimum absolute atomic E-state index is 0.208. The van der Waals surface area contributed by atoms with Crippen LogP contribution < -0.4 is 5.32 Å². The van der Waals surface area contributed by atoms with Crippen molar-refractivity contribution in [2.24, 2.45) is 5.41 Å². The van der Waals surface area contributed by atoms with Gasteiger partial charge in [-0.15, -0.1) is 0 Å². The summed E-state index contributed by atoms with van der Waals surface area (Å²) in [6.45, 7) is 3.07. The Morgan fingerprint density at radius 1 is 1.44 bits per heavy atom. The molecule has 0 radical (unpaired) electrons. The molecule has 4 nitrogen and oxygen atoms in total. The maximum Gasteiger partial charge on any atom is 0.156 e. The minimum atomic E-state index is 0.208. The first kappa shape index (κ1) is 13.3. The Hall–Kier alpha value is -1.16. The van der Waals surface area contributed by atoms with Gasteiger partial charge >= 0.3 is 0 Å². The summed E-state index contributed by atoms with van der Waals surface area (Å²) < 4.78 is 0. The molecule has 1 N–H and O–H groups in total. The van der Waals surface area contributed by atoms with Crippen LogP contribution in [0.25, 0.3) is 0 Å². The number of anilines is 1. The van der Waals surface area contributed by atoms with E-state index in [4.69, 9.17) is 11.6 Å². The van der Waals surface area contributed by atoms with E-state index in [2.05, 4.69) is 22.2 Å². The molecule has 1 saturated carbocycles. The van der Waals surface area contributed by atoms with Gasteiger partial charge in [0.2, 0.25) is 0 Å². The molecule has 0 unspecified atom stereocenters. The largest absolute Gasteiger partial charge is 0.369 e. The van der Waals surface area contributed by atoms with Crippen LogP contribution in [0, 0.1) is 5.41 Å². The Labute approximate surface area is 112 Å². The van der Waals surface area contributed by atoms with Crippen LogP contribution in [0.15, 0.2) is 6.33 Å². The Balaban J connectivity index is 2.10. The standard InChI is InChI=1S/C13H18ClN3O/c1-2-13(5-3-4-6-13)8-15-12-10(7-18)11(14)16-9-17-12/h7,9H,2-6,8H2,1H3,(H,15,16,17). The fourth-order valence-electron chi connectivity index (χ4n) is 2.67. The highest BCUT2D eigenvalue weighted by molar-refractivity contribution is 6.32. The van der Waals surface area contributed by atoms with Crippen molar-refractivity contribution < 1.29 is 4.79 Å². The van der Waals surface area contributed by atoms with Crippen LogP contribution in [0.4, 0.5) is 5.82 Å². The van der Waals surface area contributed by atoms with Gasteiger partial charge in [-0.05, 0) is 24.7 Å². The van der Waals surface area contributed by atoms with Gasteiger partial charge in [0.25, 0.3) is 0 Å². The zero-order chi connectivity index (χ0) is 13.0. The number of carbonyl (C=O) groups excluding carboxylic acids is 1. The highest BCUT2D eigenvalue weighted by atomic mass is 35.5. The molecule has 1 heterocycles. The van der Waals surface area contributed by atoms with Crippen LogP contribution in [-0.2, 0) is 0 Å². The maximum atomic E-state index is 11.0. The second-order valence-electron chi connectivity index (χ2n) is 4.96. The number of halogens is 1. The van der Waals surface area contributed by atoms with E-state index in [9.17, 15) is 4.79 Å². The van der Waals surface area contributed by atoms with Gasteiger partial charge in [-0.3, -0.25) is 4.79 Å². The van der Waals surface area contributed by atoms with Gasteiger partial charge in [-0.1, -0.05) is 31.4 Å². The first-order valence-corrected chi connectivity index (χ1v) is 6.78. The lowest BCUT2D eigenvalue weighted by Crippen LogP contribution is -2.26. The summed E-state index contributed by atoms with van der Waals surface area (Å²) in [5.74, 6) is 0.546. The van der Waals surface area contributed by atoms with E-state index in [0.29, 0.717) is 23.1 Å². The summed E-state index contributed by atoms with van der Waals surface area (Å²) in [6, 6.07) is 0. The van der Waals surface area contributed by atoms with Crippen molar-refractivity contribution in [2.45, 2.75) is 39.0 Å². The molecule has 0 atom stereocenters. The maximum absolute atomic E-state index is 11.0. The molecule has 18 heavy (non-hydrogen) atoms. The molecule has 0 saturated heterocycles. The normalized spacial score (nSPS) is 17.7. The van der Waals surface area contributed by atoms with Crippen molar-refractivity contribution >= 4 is 23.7 Å². The molecular formula is C13H18ClN3O. The predicted molar refractivity (Wildman–Crippen MR) is 72.1 cm³/mol. The third-order valence-electron chi connectivity index (χ3n) is 4.00. The number of hydrogen-bond acceptors (Lipinski definition) is 4. The molecular weight excluding hydrogens is 250 g/mol. The van der Waals surface area contributed by atoms with Crippen LogP contribution in [0.1, 0.15) is 49.4 Å². The number of hydrogen-bond donors (Lipinski definition) is 1.